The van der Waals surface area contributed by atoms with Gasteiger partial charge in [0.1, 0.15) is 11.4 Å². The molecule has 26 heavy (non-hydrogen) atoms. The summed E-state index contributed by atoms with van der Waals surface area (Å²) in [5, 5.41) is 0. The lowest BCUT2D eigenvalue weighted by molar-refractivity contribution is -0.151. The lowest BCUT2D eigenvalue weighted by Gasteiger charge is -2.48. The number of hydrogen-bond donors (Lipinski definition) is 0. The molecule has 2 aliphatic heterocycles. The van der Waals surface area contributed by atoms with E-state index in [2.05, 4.69) is 26.0 Å². The Hall–Kier alpha value is -2.33. The van der Waals surface area contributed by atoms with Crippen molar-refractivity contribution in [2.75, 3.05) is 7.11 Å². The van der Waals surface area contributed by atoms with Gasteiger partial charge in [0.15, 0.2) is 0 Å². The van der Waals surface area contributed by atoms with Crippen LogP contribution in [0.5, 0.6) is 5.75 Å². The summed E-state index contributed by atoms with van der Waals surface area (Å²) in [6, 6.07) is 15.8. The van der Waals surface area contributed by atoms with Crippen molar-refractivity contribution in [2.24, 2.45) is 5.92 Å². The average Bonchev–Trinajstić information content (AvgIpc) is 2.67. The molecule has 0 N–H and O–H groups in total. The largest absolute Gasteiger partial charge is 0.487 e. The number of fused-ring (bicyclic) bond motifs is 3. The summed E-state index contributed by atoms with van der Waals surface area (Å²) in [6.07, 6.45) is 1.93. The quantitative estimate of drug-likeness (QED) is 0.725. The maximum atomic E-state index is 12.0. The highest BCUT2D eigenvalue weighted by Crippen LogP contribution is 2.53. The normalized spacial score (nSPS) is 26.2. The molecule has 0 bridgehead atoms. The predicted octanol–water partition coefficient (Wildman–Crippen LogP) is 4.85. The topological polar surface area (TPSA) is 44.8 Å². The molecule has 1 fully saturated rings. The zero-order valence-corrected chi connectivity index (χ0v) is 15.4. The van der Waals surface area contributed by atoms with Gasteiger partial charge in [-0.3, -0.25) is 0 Å². The molecule has 0 spiro atoms. The Bertz CT molecular complexity index is 812. The van der Waals surface area contributed by atoms with Crippen molar-refractivity contribution in [3.8, 4) is 5.75 Å². The number of rotatable bonds is 2. The number of carbonyl (C=O) groups is 1. The van der Waals surface area contributed by atoms with E-state index in [4.69, 9.17) is 14.2 Å². The molecule has 0 aromatic heterocycles. The molecule has 0 saturated carbocycles. The molecule has 1 saturated heterocycles. The molecule has 2 aromatic rings. The van der Waals surface area contributed by atoms with Crippen molar-refractivity contribution in [3.05, 3.63) is 65.2 Å². The fourth-order valence-electron chi connectivity index (χ4n) is 4.20. The van der Waals surface area contributed by atoms with Gasteiger partial charge in [-0.2, -0.15) is 0 Å². The number of carbonyl (C=O) groups excluding carboxylic acids is 1. The Kier molecular flexibility index (Phi) is 4.23. The van der Waals surface area contributed by atoms with Gasteiger partial charge >= 0.3 is 5.97 Å². The van der Waals surface area contributed by atoms with Crippen molar-refractivity contribution >= 4 is 5.97 Å². The van der Waals surface area contributed by atoms with Crippen LogP contribution in [-0.2, 0) is 9.47 Å². The zero-order chi connectivity index (χ0) is 18.3. The maximum Gasteiger partial charge on any atom is 0.337 e. The van der Waals surface area contributed by atoms with E-state index in [0.717, 1.165) is 24.2 Å². The van der Waals surface area contributed by atoms with Gasteiger partial charge in [-0.15, -0.1) is 0 Å². The van der Waals surface area contributed by atoms with Crippen LogP contribution >= 0.6 is 0 Å². The average molecular weight is 352 g/mol. The van der Waals surface area contributed by atoms with Gasteiger partial charge in [0, 0.05) is 11.5 Å². The fraction of sp³-hybridized carbons (Fsp3) is 0.409. The number of esters is 1. The third-order valence-corrected chi connectivity index (χ3v) is 5.59. The monoisotopic (exact) mass is 352 g/mol. The van der Waals surface area contributed by atoms with Gasteiger partial charge in [-0.05, 0) is 50.5 Å². The molecule has 4 rings (SSSR count). The van der Waals surface area contributed by atoms with Crippen LogP contribution in [0.15, 0.2) is 48.5 Å². The van der Waals surface area contributed by atoms with Gasteiger partial charge in [0.05, 0.1) is 24.9 Å². The minimum Gasteiger partial charge on any atom is -0.487 e. The summed E-state index contributed by atoms with van der Waals surface area (Å²) < 4.78 is 17.7. The van der Waals surface area contributed by atoms with Crippen molar-refractivity contribution in [1.29, 1.82) is 0 Å². The van der Waals surface area contributed by atoms with E-state index in [9.17, 15) is 4.79 Å². The van der Waals surface area contributed by atoms with Gasteiger partial charge in [-0.1, -0.05) is 30.3 Å². The molecule has 4 heteroatoms. The van der Waals surface area contributed by atoms with Crippen LogP contribution in [-0.4, -0.2) is 18.7 Å². The van der Waals surface area contributed by atoms with Crippen molar-refractivity contribution < 1.29 is 19.0 Å². The van der Waals surface area contributed by atoms with Crippen LogP contribution in [0.25, 0.3) is 0 Å². The molecule has 0 aliphatic carbocycles. The lowest BCUT2D eigenvalue weighted by Crippen LogP contribution is -2.47. The highest BCUT2D eigenvalue weighted by Gasteiger charge is 2.47. The Morgan fingerprint density at radius 3 is 2.62 bits per heavy atom. The Labute approximate surface area is 154 Å². The van der Waals surface area contributed by atoms with E-state index in [1.807, 2.05) is 30.3 Å². The summed E-state index contributed by atoms with van der Waals surface area (Å²) in [6.45, 7) is 4.24. The molecule has 0 amide bonds. The fourth-order valence-corrected chi connectivity index (χ4v) is 4.20. The minimum absolute atomic E-state index is 0.0565. The van der Waals surface area contributed by atoms with Crippen molar-refractivity contribution in [3.63, 3.8) is 0 Å². The Morgan fingerprint density at radius 1 is 1.12 bits per heavy atom. The van der Waals surface area contributed by atoms with E-state index in [0.29, 0.717) is 5.56 Å². The molecular weight excluding hydrogens is 328 g/mol. The molecule has 0 unspecified atom stereocenters. The number of hydrogen-bond acceptors (Lipinski definition) is 4. The maximum absolute atomic E-state index is 12.0. The second-order valence-corrected chi connectivity index (χ2v) is 7.59. The Morgan fingerprint density at radius 2 is 1.88 bits per heavy atom. The van der Waals surface area contributed by atoms with Crippen LogP contribution in [0.1, 0.15) is 60.4 Å². The third kappa shape index (κ3) is 2.88. The molecule has 136 valence electrons. The highest BCUT2D eigenvalue weighted by molar-refractivity contribution is 5.89. The number of ether oxygens (including phenoxy) is 3. The minimum atomic E-state index is -0.343. The third-order valence-electron chi connectivity index (χ3n) is 5.59. The molecule has 2 heterocycles. The summed E-state index contributed by atoms with van der Waals surface area (Å²) in [4.78, 5) is 12.0. The summed E-state index contributed by atoms with van der Waals surface area (Å²) >= 11 is 0. The first kappa shape index (κ1) is 17.1. The summed E-state index contributed by atoms with van der Waals surface area (Å²) in [5.74, 6) is 0.685. The second kappa shape index (κ2) is 6.44. The first-order valence-electron chi connectivity index (χ1n) is 9.11. The van der Waals surface area contributed by atoms with Gasteiger partial charge in [-0.25, -0.2) is 4.79 Å². The van der Waals surface area contributed by atoms with E-state index >= 15 is 0 Å². The number of methoxy groups -OCH3 is 1. The molecule has 0 radical (unpaired) electrons. The summed E-state index contributed by atoms with van der Waals surface area (Å²) in [7, 11) is 1.40. The van der Waals surface area contributed by atoms with Crippen molar-refractivity contribution in [2.45, 2.75) is 44.5 Å². The predicted molar refractivity (Wildman–Crippen MR) is 98.2 cm³/mol. The van der Waals surface area contributed by atoms with E-state index in [1.165, 1.54) is 12.7 Å². The van der Waals surface area contributed by atoms with Crippen LogP contribution < -0.4 is 4.74 Å². The molecule has 4 nitrogen and oxygen atoms in total. The van der Waals surface area contributed by atoms with Crippen molar-refractivity contribution in [1.82, 2.24) is 0 Å². The van der Waals surface area contributed by atoms with Crippen LogP contribution in [0.2, 0.25) is 0 Å². The first-order chi connectivity index (χ1) is 12.5. The smallest absolute Gasteiger partial charge is 0.337 e. The van der Waals surface area contributed by atoms with Gasteiger partial charge in [0.2, 0.25) is 0 Å². The van der Waals surface area contributed by atoms with Crippen LogP contribution in [0.3, 0.4) is 0 Å². The van der Waals surface area contributed by atoms with Crippen LogP contribution in [0, 0.1) is 5.92 Å². The molecule has 3 atom stereocenters. The Balaban J connectivity index is 1.73. The van der Waals surface area contributed by atoms with E-state index < -0.39 is 0 Å². The number of benzene rings is 2. The standard InChI is InChI=1S/C22H24O4/c1-22(2)17-10-12-18(14-7-5-4-6-8-14)25-20(17)16-13-15(21(23)24-3)9-11-19(16)26-22/h4-9,11,13,17-18,20H,10,12H2,1-3H3/t17-,18+,20+/m0/s1. The SMILES string of the molecule is COC(=O)c1ccc2c(c1)[C@H]1O[C@@H](c3ccccc3)CC[C@@H]1C(C)(C)O2. The second-order valence-electron chi connectivity index (χ2n) is 7.59. The van der Waals surface area contributed by atoms with Gasteiger partial charge < -0.3 is 14.2 Å². The molecule has 2 aromatic carbocycles. The zero-order valence-electron chi connectivity index (χ0n) is 15.4. The lowest BCUT2D eigenvalue weighted by atomic mass is 9.74. The van der Waals surface area contributed by atoms with E-state index in [1.54, 1.807) is 6.07 Å². The van der Waals surface area contributed by atoms with Crippen LogP contribution in [0.4, 0.5) is 0 Å². The molecule has 2 aliphatic rings. The first-order valence-corrected chi connectivity index (χ1v) is 9.11. The van der Waals surface area contributed by atoms with E-state index in [-0.39, 0.29) is 29.7 Å². The molecular formula is C22H24O4. The summed E-state index contributed by atoms with van der Waals surface area (Å²) in [5.41, 5.74) is 2.35. The van der Waals surface area contributed by atoms with Gasteiger partial charge in [0.25, 0.3) is 0 Å². The highest BCUT2D eigenvalue weighted by atomic mass is 16.5.